The number of hydrazine groups is 1. The van der Waals surface area contributed by atoms with E-state index in [2.05, 4.69) is 21.2 Å². The van der Waals surface area contributed by atoms with Crippen molar-refractivity contribution in [1.29, 1.82) is 0 Å². The van der Waals surface area contributed by atoms with Crippen molar-refractivity contribution in [1.82, 2.24) is 21.2 Å². The predicted molar refractivity (Wildman–Crippen MR) is 51.2 cm³/mol. The van der Waals surface area contributed by atoms with Gasteiger partial charge in [0.1, 0.15) is 0 Å². The van der Waals surface area contributed by atoms with E-state index in [9.17, 15) is 4.79 Å². The third-order valence-electron chi connectivity index (χ3n) is 2.08. The van der Waals surface area contributed by atoms with Crippen molar-refractivity contribution in [2.24, 2.45) is 0 Å². The highest BCUT2D eigenvalue weighted by molar-refractivity contribution is 5.94. The van der Waals surface area contributed by atoms with Crippen molar-refractivity contribution in [3.8, 4) is 0 Å². The molecule has 1 aliphatic heterocycles. The summed E-state index contributed by atoms with van der Waals surface area (Å²) in [7, 11) is 0. The number of rotatable bonds is 2. The highest BCUT2D eigenvalue weighted by atomic mass is 16.1. The Morgan fingerprint density at radius 2 is 2.29 bits per heavy atom. The number of hydrogen-bond donors (Lipinski definition) is 3. The van der Waals surface area contributed by atoms with Gasteiger partial charge in [-0.3, -0.25) is 15.2 Å². The van der Waals surface area contributed by atoms with Crippen molar-refractivity contribution in [3.63, 3.8) is 0 Å². The van der Waals surface area contributed by atoms with Crippen LogP contribution >= 0.6 is 0 Å². The maximum Gasteiger partial charge on any atom is 0.252 e. The Kier molecular flexibility index (Phi) is 2.71. The zero-order chi connectivity index (χ0) is 9.80. The van der Waals surface area contributed by atoms with Crippen LogP contribution in [0.1, 0.15) is 16.8 Å². The second-order valence-electron chi connectivity index (χ2n) is 3.12. The van der Waals surface area contributed by atoms with Gasteiger partial charge in [0.15, 0.2) is 0 Å². The molecule has 1 fully saturated rings. The van der Waals surface area contributed by atoms with E-state index in [1.54, 1.807) is 24.5 Å². The Bertz CT molecular complexity index is 308. The lowest BCUT2D eigenvalue weighted by molar-refractivity contribution is 0.0932. The summed E-state index contributed by atoms with van der Waals surface area (Å²) in [4.78, 5) is 15.4. The molecule has 1 amide bonds. The summed E-state index contributed by atoms with van der Waals surface area (Å²) < 4.78 is 0. The van der Waals surface area contributed by atoms with Gasteiger partial charge in [-0.2, -0.15) is 0 Å². The Morgan fingerprint density at radius 1 is 1.50 bits per heavy atom. The molecule has 2 heterocycles. The molecular weight excluding hydrogens is 180 g/mol. The van der Waals surface area contributed by atoms with Crippen LogP contribution in [-0.4, -0.2) is 23.6 Å². The first-order valence-corrected chi connectivity index (χ1v) is 4.55. The van der Waals surface area contributed by atoms with Crippen molar-refractivity contribution in [2.45, 2.75) is 12.6 Å². The van der Waals surface area contributed by atoms with Gasteiger partial charge in [-0.25, -0.2) is 5.43 Å². The number of pyridine rings is 1. The average Bonchev–Trinajstić information content (AvgIpc) is 2.72. The summed E-state index contributed by atoms with van der Waals surface area (Å²) in [6, 6.07) is 3.38. The number of nitrogens with zero attached hydrogens (tertiary/aromatic N) is 1. The van der Waals surface area contributed by atoms with Crippen molar-refractivity contribution in [2.75, 3.05) is 6.54 Å². The van der Waals surface area contributed by atoms with Gasteiger partial charge in [0.25, 0.3) is 5.91 Å². The molecule has 1 atom stereocenters. The van der Waals surface area contributed by atoms with Crippen LogP contribution in [0.2, 0.25) is 0 Å². The molecule has 1 aromatic rings. The Balaban J connectivity index is 1.95. The lowest BCUT2D eigenvalue weighted by Gasteiger charge is -2.11. The Morgan fingerprint density at radius 3 is 2.93 bits per heavy atom. The van der Waals surface area contributed by atoms with Gasteiger partial charge in [-0.15, -0.1) is 0 Å². The highest BCUT2D eigenvalue weighted by Gasteiger charge is 2.16. The predicted octanol–water partition coefficient (Wildman–Crippen LogP) is -0.365. The molecule has 5 heteroatoms. The van der Waals surface area contributed by atoms with Crippen molar-refractivity contribution < 1.29 is 4.79 Å². The van der Waals surface area contributed by atoms with Crippen LogP contribution < -0.4 is 16.2 Å². The van der Waals surface area contributed by atoms with Crippen LogP contribution in [-0.2, 0) is 0 Å². The fraction of sp³-hybridized carbons (Fsp3) is 0.333. The normalized spacial score (nSPS) is 20.7. The first kappa shape index (κ1) is 9.11. The highest BCUT2D eigenvalue weighted by Crippen LogP contribution is 1.98. The first-order chi connectivity index (χ1) is 6.86. The molecule has 5 nitrogen and oxygen atoms in total. The van der Waals surface area contributed by atoms with Gasteiger partial charge in [-0.05, 0) is 18.6 Å². The van der Waals surface area contributed by atoms with E-state index in [1.807, 2.05) is 0 Å². The summed E-state index contributed by atoms with van der Waals surface area (Å²) in [5.41, 5.74) is 6.54. The summed E-state index contributed by atoms with van der Waals surface area (Å²) in [5.74, 6) is -0.0754. The fourth-order valence-corrected chi connectivity index (χ4v) is 1.34. The molecule has 0 spiro atoms. The second-order valence-corrected chi connectivity index (χ2v) is 3.12. The van der Waals surface area contributed by atoms with Crippen LogP contribution in [0.5, 0.6) is 0 Å². The quantitative estimate of drug-likeness (QED) is 0.598. The van der Waals surface area contributed by atoms with Crippen LogP contribution in [0.3, 0.4) is 0 Å². The molecule has 0 radical (unpaired) electrons. The fourth-order valence-electron chi connectivity index (χ4n) is 1.34. The number of aromatic nitrogens is 1. The second kappa shape index (κ2) is 4.17. The molecule has 1 saturated heterocycles. The molecule has 1 aromatic heterocycles. The number of nitrogens with one attached hydrogen (secondary N) is 3. The number of amides is 1. The number of hydrogen-bond acceptors (Lipinski definition) is 4. The van der Waals surface area contributed by atoms with E-state index in [1.165, 1.54) is 0 Å². The smallest absolute Gasteiger partial charge is 0.252 e. The summed E-state index contributed by atoms with van der Waals surface area (Å²) >= 11 is 0. The van der Waals surface area contributed by atoms with Crippen molar-refractivity contribution in [3.05, 3.63) is 30.1 Å². The Labute approximate surface area is 81.9 Å². The molecule has 0 aromatic carbocycles. The minimum absolute atomic E-state index is 0.0238. The molecular formula is C9H12N4O. The maximum absolute atomic E-state index is 11.6. The van der Waals surface area contributed by atoms with Gasteiger partial charge in [0, 0.05) is 24.5 Å². The third kappa shape index (κ3) is 2.07. The summed E-state index contributed by atoms with van der Waals surface area (Å²) in [6.07, 6.45) is 4.14. The van der Waals surface area contributed by atoms with Crippen LogP contribution in [0.25, 0.3) is 0 Å². The van der Waals surface area contributed by atoms with E-state index >= 15 is 0 Å². The Hall–Kier alpha value is -1.46. The zero-order valence-corrected chi connectivity index (χ0v) is 7.66. The largest absolute Gasteiger partial charge is 0.335 e. The molecule has 14 heavy (non-hydrogen) atoms. The lowest BCUT2D eigenvalue weighted by Crippen LogP contribution is -2.44. The molecule has 1 aliphatic rings. The molecule has 0 saturated carbocycles. The molecule has 3 N–H and O–H groups in total. The standard InChI is InChI=1S/C9H12N4O/c14-9(7-1-4-10-5-2-7)12-8-3-6-11-13-8/h1-2,4-5,8,11,13H,3,6H2,(H,12,14). The van der Waals surface area contributed by atoms with E-state index in [0.29, 0.717) is 5.56 Å². The van der Waals surface area contributed by atoms with E-state index < -0.39 is 0 Å². The van der Waals surface area contributed by atoms with E-state index in [0.717, 1.165) is 13.0 Å². The number of carbonyl (C=O) groups excluding carboxylic acids is 1. The first-order valence-electron chi connectivity index (χ1n) is 4.55. The zero-order valence-electron chi connectivity index (χ0n) is 7.66. The number of carbonyl (C=O) groups is 1. The molecule has 2 rings (SSSR count). The van der Waals surface area contributed by atoms with Crippen LogP contribution in [0, 0.1) is 0 Å². The van der Waals surface area contributed by atoms with Gasteiger partial charge in [0.2, 0.25) is 0 Å². The van der Waals surface area contributed by atoms with Crippen molar-refractivity contribution >= 4 is 5.91 Å². The van der Waals surface area contributed by atoms with Crippen LogP contribution in [0.15, 0.2) is 24.5 Å². The van der Waals surface area contributed by atoms with Gasteiger partial charge in [-0.1, -0.05) is 0 Å². The van der Waals surface area contributed by atoms with Gasteiger partial charge >= 0.3 is 0 Å². The molecule has 74 valence electrons. The third-order valence-corrected chi connectivity index (χ3v) is 2.08. The van der Waals surface area contributed by atoms with Crippen LogP contribution in [0.4, 0.5) is 0 Å². The molecule has 1 unspecified atom stereocenters. The summed E-state index contributed by atoms with van der Waals surface area (Å²) in [6.45, 7) is 0.876. The minimum atomic E-state index is -0.0754. The van der Waals surface area contributed by atoms with Gasteiger partial charge < -0.3 is 5.32 Å². The minimum Gasteiger partial charge on any atom is -0.335 e. The average molecular weight is 192 g/mol. The van der Waals surface area contributed by atoms with E-state index in [-0.39, 0.29) is 12.1 Å². The van der Waals surface area contributed by atoms with E-state index in [4.69, 9.17) is 0 Å². The molecule has 0 bridgehead atoms. The topological polar surface area (TPSA) is 66.1 Å². The van der Waals surface area contributed by atoms with Gasteiger partial charge in [0.05, 0.1) is 6.17 Å². The maximum atomic E-state index is 11.6. The SMILES string of the molecule is O=C(NC1CCNN1)c1ccncc1. The molecule has 0 aliphatic carbocycles. The lowest BCUT2D eigenvalue weighted by atomic mass is 10.2. The monoisotopic (exact) mass is 192 g/mol. The summed E-state index contributed by atoms with van der Waals surface area (Å²) in [5, 5.41) is 2.85.